The third kappa shape index (κ3) is 4.28. The van der Waals surface area contributed by atoms with Crippen LogP contribution in [0.1, 0.15) is 20.3 Å². The number of benzene rings is 1. The van der Waals surface area contributed by atoms with E-state index in [1.54, 1.807) is 29.2 Å². The highest BCUT2D eigenvalue weighted by Crippen LogP contribution is 2.37. The summed E-state index contributed by atoms with van der Waals surface area (Å²) in [4.78, 5) is 27.6. The molecule has 1 aromatic heterocycles. The lowest BCUT2D eigenvalue weighted by atomic mass is 10.2. The minimum atomic E-state index is -3.47. The molecule has 1 aliphatic rings. The van der Waals surface area contributed by atoms with Crippen LogP contribution < -0.4 is 21.5 Å². The maximum atomic E-state index is 13.1. The van der Waals surface area contributed by atoms with Gasteiger partial charge in [0.25, 0.3) is 5.56 Å². The maximum Gasteiger partial charge on any atom is 0.332 e. The van der Waals surface area contributed by atoms with Gasteiger partial charge in [0.2, 0.25) is 0 Å². The van der Waals surface area contributed by atoms with Crippen LogP contribution in [0.15, 0.2) is 33.9 Å². The molecule has 0 spiro atoms. The van der Waals surface area contributed by atoms with Crippen LogP contribution in [-0.4, -0.2) is 46.4 Å². The summed E-state index contributed by atoms with van der Waals surface area (Å²) in [6, 6.07) is 6.77. The fourth-order valence-corrected chi connectivity index (χ4v) is 3.59. The zero-order valence-corrected chi connectivity index (χ0v) is 19.8. The number of aromatic nitrogens is 2. The largest absolute Gasteiger partial charge is 0.396 e. The number of rotatable bonds is 5. The first-order chi connectivity index (χ1) is 14.9. The normalized spacial score (nSPS) is 15.7. The van der Waals surface area contributed by atoms with Gasteiger partial charge in [0.15, 0.2) is 16.0 Å². The smallest absolute Gasteiger partial charge is 0.332 e. The third-order valence-corrected chi connectivity index (χ3v) is 7.58. The number of nitrogens with one attached hydrogen (secondary N) is 1. The van der Waals surface area contributed by atoms with E-state index in [-0.39, 0.29) is 25.3 Å². The molecule has 1 unspecified atom stereocenters. The lowest BCUT2D eigenvalue weighted by Gasteiger charge is -2.25. The van der Waals surface area contributed by atoms with Gasteiger partial charge in [-0.25, -0.2) is 13.2 Å². The van der Waals surface area contributed by atoms with E-state index in [1.807, 2.05) is 0 Å². The van der Waals surface area contributed by atoms with Crippen LogP contribution in [0.3, 0.4) is 0 Å². The molecule has 1 atom stereocenters. The Morgan fingerprint density at radius 1 is 1.22 bits per heavy atom. The van der Waals surface area contributed by atoms with Crippen molar-refractivity contribution in [3.63, 3.8) is 0 Å². The molecule has 0 saturated heterocycles. The molecule has 0 radical (unpaired) electrons. The van der Waals surface area contributed by atoms with Crippen molar-refractivity contribution < 1.29 is 13.5 Å². The van der Waals surface area contributed by atoms with Crippen molar-refractivity contribution in [3.05, 3.63) is 50.1 Å². The summed E-state index contributed by atoms with van der Waals surface area (Å²) in [6.45, 7) is 2.91. The van der Waals surface area contributed by atoms with Gasteiger partial charge in [0, 0.05) is 37.2 Å². The third-order valence-electron chi connectivity index (χ3n) is 5.37. The Morgan fingerprint density at radius 2 is 1.84 bits per heavy atom. The van der Waals surface area contributed by atoms with Crippen LogP contribution in [0, 0.1) is 11.8 Å². The number of aliphatic hydroxyl groups excluding tert-OH is 1. The molecule has 0 amide bonds. The molecule has 0 saturated carbocycles. The van der Waals surface area contributed by atoms with Gasteiger partial charge in [-0.15, -0.1) is 0 Å². The summed E-state index contributed by atoms with van der Waals surface area (Å²) >= 11 is 6.02. The van der Waals surface area contributed by atoms with Gasteiger partial charge in [0.1, 0.15) is 16.3 Å². The van der Waals surface area contributed by atoms with Crippen molar-refractivity contribution in [2.24, 2.45) is 7.05 Å². The Kier molecular flexibility index (Phi) is 6.47. The Labute approximate surface area is 191 Å². The van der Waals surface area contributed by atoms with Gasteiger partial charge in [-0.1, -0.05) is 23.4 Å². The van der Waals surface area contributed by atoms with Gasteiger partial charge >= 0.3 is 5.69 Å². The fourth-order valence-electron chi connectivity index (χ4n) is 3.22. The highest BCUT2D eigenvalue weighted by Gasteiger charge is 2.36. The SMILES string of the molecule is Cn1c2c(c(=O)n(CCCO)c1=O)NC(C#CC(C)(C)S(C)(=O)=O)N2c1ccc(Cl)cc1. The van der Waals surface area contributed by atoms with Crippen LogP contribution in [-0.2, 0) is 23.4 Å². The molecular weight excluding hydrogens is 456 g/mol. The molecule has 172 valence electrons. The minimum Gasteiger partial charge on any atom is -0.396 e. The Hall–Kier alpha value is -2.74. The molecule has 0 bridgehead atoms. The number of hydrogen-bond acceptors (Lipinski definition) is 7. The number of sulfone groups is 1. The number of halogens is 1. The number of fused-ring (bicyclic) bond motifs is 1. The maximum absolute atomic E-state index is 13.1. The van der Waals surface area contributed by atoms with Gasteiger partial charge in [-0.2, -0.15) is 0 Å². The van der Waals surface area contributed by atoms with E-state index >= 15 is 0 Å². The molecule has 3 rings (SSSR count). The van der Waals surface area contributed by atoms with Crippen molar-refractivity contribution >= 4 is 38.6 Å². The number of hydrogen-bond donors (Lipinski definition) is 2. The van der Waals surface area contributed by atoms with E-state index in [0.717, 1.165) is 10.8 Å². The zero-order chi connectivity index (χ0) is 23.8. The van der Waals surface area contributed by atoms with Crippen molar-refractivity contribution in [2.45, 2.75) is 37.7 Å². The molecule has 1 aromatic carbocycles. The average molecular weight is 481 g/mol. The molecule has 11 heteroatoms. The highest BCUT2D eigenvalue weighted by atomic mass is 35.5. The molecule has 1 aliphatic heterocycles. The topological polar surface area (TPSA) is 114 Å². The summed E-state index contributed by atoms with van der Waals surface area (Å²) in [7, 11) is -1.93. The van der Waals surface area contributed by atoms with E-state index in [2.05, 4.69) is 17.2 Å². The second-order valence-electron chi connectivity index (χ2n) is 8.02. The second-order valence-corrected chi connectivity index (χ2v) is 11.0. The van der Waals surface area contributed by atoms with Crippen molar-refractivity contribution in [1.82, 2.24) is 9.13 Å². The Balaban J connectivity index is 2.22. The first-order valence-electron chi connectivity index (χ1n) is 9.87. The minimum absolute atomic E-state index is 0.0648. The van der Waals surface area contributed by atoms with Crippen molar-refractivity contribution in [2.75, 3.05) is 23.1 Å². The van der Waals surface area contributed by atoms with E-state index in [4.69, 9.17) is 16.7 Å². The fraction of sp³-hybridized carbons (Fsp3) is 0.429. The number of anilines is 3. The predicted molar refractivity (Wildman–Crippen MR) is 125 cm³/mol. The number of aliphatic hydroxyl groups is 1. The lowest BCUT2D eigenvalue weighted by molar-refractivity contribution is 0.277. The van der Waals surface area contributed by atoms with Gasteiger partial charge in [0.05, 0.1) is 0 Å². The molecular formula is C21H25ClN4O5S. The van der Waals surface area contributed by atoms with Gasteiger partial charge in [-0.3, -0.25) is 18.8 Å². The highest BCUT2D eigenvalue weighted by molar-refractivity contribution is 7.92. The van der Waals surface area contributed by atoms with E-state index in [9.17, 15) is 18.0 Å². The molecule has 9 nitrogen and oxygen atoms in total. The quantitative estimate of drug-likeness (QED) is 0.620. The Bertz CT molecular complexity index is 1320. The first kappa shape index (κ1) is 23.9. The van der Waals surface area contributed by atoms with E-state index in [1.165, 1.54) is 25.5 Å². The second kappa shape index (κ2) is 8.65. The summed E-state index contributed by atoms with van der Waals surface area (Å²) < 4.78 is 25.3. The molecule has 0 aliphatic carbocycles. The molecule has 2 heterocycles. The van der Waals surface area contributed by atoms with Crippen molar-refractivity contribution in [3.8, 4) is 11.8 Å². The average Bonchev–Trinajstić information content (AvgIpc) is 3.10. The summed E-state index contributed by atoms with van der Waals surface area (Å²) in [5.74, 6) is 6.02. The van der Waals surface area contributed by atoms with Gasteiger partial charge < -0.3 is 10.4 Å². The van der Waals surface area contributed by atoms with Gasteiger partial charge in [-0.05, 0) is 44.5 Å². The first-order valence-corrected chi connectivity index (χ1v) is 12.1. The monoisotopic (exact) mass is 480 g/mol. The molecule has 2 N–H and O–H groups in total. The van der Waals surface area contributed by atoms with Crippen LogP contribution >= 0.6 is 11.6 Å². The zero-order valence-electron chi connectivity index (χ0n) is 18.2. The summed E-state index contributed by atoms with van der Waals surface area (Å²) in [5.41, 5.74) is -0.300. The summed E-state index contributed by atoms with van der Waals surface area (Å²) in [5, 5.41) is 12.7. The van der Waals surface area contributed by atoms with Crippen LogP contribution in [0.4, 0.5) is 17.2 Å². The van der Waals surface area contributed by atoms with Crippen molar-refractivity contribution in [1.29, 1.82) is 0 Å². The lowest BCUT2D eigenvalue weighted by Crippen LogP contribution is -2.40. The van der Waals surface area contributed by atoms with E-state index < -0.39 is 32.0 Å². The van der Waals surface area contributed by atoms with E-state index in [0.29, 0.717) is 16.5 Å². The Morgan fingerprint density at radius 3 is 2.41 bits per heavy atom. The summed E-state index contributed by atoms with van der Waals surface area (Å²) in [6.07, 6.45) is 0.554. The molecule has 0 fully saturated rings. The standard InChI is InChI=1S/C21H25ClN4O5S/c1-21(2,32(4,30)31)11-10-16-23-17-18(26(16)15-8-6-14(22)7-9-15)24(3)20(29)25(19(17)28)12-5-13-27/h6-9,16,23,27H,5,12-13H2,1-4H3. The molecule has 2 aromatic rings. The predicted octanol–water partition coefficient (Wildman–Crippen LogP) is 1.30. The van der Waals surface area contributed by atoms with Crippen LogP contribution in [0.5, 0.6) is 0 Å². The molecule has 32 heavy (non-hydrogen) atoms. The van der Waals surface area contributed by atoms with Crippen LogP contribution in [0.2, 0.25) is 5.02 Å². The number of nitrogens with zero attached hydrogens (tertiary/aromatic N) is 3. The van der Waals surface area contributed by atoms with Crippen LogP contribution in [0.25, 0.3) is 0 Å².